The summed E-state index contributed by atoms with van der Waals surface area (Å²) in [5.74, 6) is 0.714. The van der Waals surface area contributed by atoms with Gasteiger partial charge < -0.3 is 9.15 Å². The second-order valence-corrected chi connectivity index (χ2v) is 6.07. The summed E-state index contributed by atoms with van der Waals surface area (Å²) in [5, 5.41) is 7.77. The lowest BCUT2D eigenvalue weighted by Crippen LogP contribution is -2.05. The Bertz CT molecular complexity index is 1180. The van der Waals surface area contributed by atoms with Gasteiger partial charge in [-0.3, -0.25) is 0 Å². The van der Waals surface area contributed by atoms with Gasteiger partial charge in [-0.05, 0) is 36.4 Å². The average molecular weight is 407 g/mol. The van der Waals surface area contributed by atoms with Gasteiger partial charge in [-0.25, -0.2) is 9.97 Å². The molecule has 0 saturated heterocycles. The van der Waals surface area contributed by atoms with Crippen molar-refractivity contribution in [3.63, 3.8) is 0 Å². The van der Waals surface area contributed by atoms with Crippen LogP contribution in [0, 0.1) is 0 Å². The zero-order chi connectivity index (χ0) is 19.9. The number of ether oxygens (including phenoxy) is 1. The molecule has 2 aromatic heterocycles. The van der Waals surface area contributed by atoms with E-state index in [1.54, 1.807) is 24.3 Å². The monoisotopic (exact) mass is 406 g/mol. The molecule has 2 aromatic carbocycles. The Balaban J connectivity index is 1.78. The van der Waals surface area contributed by atoms with Crippen molar-refractivity contribution in [3.8, 4) is 28.8 Å². The first-order valence-electron chi connectivity index (χ1n) is 7.88. The Hall–Kier alpha value is -3.20. The van der Waals surface area contributed by atoms with Crippen molar-refractivity contribution in [1.29, 1.82) is 0 Å². The fraction of sp³-hybridized carbons (Fsp3) is 0.111. The van der Waals surface area contributed by atoms with Crippen LogP contribution in [-0.4, -0.2) is 27.3 Å². The summed E-state index contributed by atoms with van der Waals surface area (Å²) in [5.41, 5.74) is -0.0210. The molecule has 0 aliphatic heterocycles. The molecule has 0 saturated carbocycles. The second-order valence-electron chi connectivity index (χ2n) is 5.71. The van der Waals surface area contributed by atoms with Gasteiger partial charge in [-0.15, -0.1) is 10.2 Å². The predicted octanol–water partition coefficient (Wildman–Crippen LogP) is 5.03. The van der Waals surface area contributed by atoms with Gasteiger partial charge in [0.05, 0.1) is 23.7 Å². The predicted molar refractivity (Wildman–Crippen MR) is 94.8 cm³/mol. The topological polar surface area (TPSA) is 73.9 Å². The SMILES string of the molecule is COc1cccc(-c2nnc(-c3nc4cc(C(F)(F)F)ccc4nc3Cl)o2)c1. The quantitative estimate of drug-likeness (QED) is 0.475. The van der Waals surface area contributed by atoms with Crippen molar-refractivity contribution in [2.24, 2.45) is 0 Å². The van der Waals surface area contributed by atoms with Crippen LogP contribution in [0.5, 0.6) is 5.75 Å². The number of fused-ring (bicyclic) bond motifs is 1. The van der Waals surface area contributed by atoms with Crippen LogP contribution in [0.2, 0.25) is 5.15 Å². The Morgan fingerprint density at radius 3 is 2.50 bits per heavy atom. The molecule has 10 heteroatoms. The molecule has 4 rings (SSSR count). The fourth-order valence-corrected chi connectivity index (χ4v) is 2.75. The minimum absolute atomic E-state index is 0.00450. The number of alkyl halides is 3. The number of hydrogen-bond donors (Lipinski definition) is 0. The summed E-state index contributed by atoms with van der Waals surface area (Å²) in [6.45, 7) is 0. The van der Waals surface area contributed by atoms with E-state index in [1.807, 2.05) is 0 Å². The highest BCUT2D eigenvalue weighted by atomic mass is 35.5. The number of aromatic nitrogens is 4. The van der Waals surface area contributed by atoms with E-state index in [4.69, 9.17) is 20.8 Å². The first-order chi connectivity index (χ1) is 13.3. The number of hydrogen-bond acceptors (Lipinski definition) is 6. The Kier molecular flexibility index (Phi) is 4.38. The lowest BCUT2D eigenvalue weighted by Gasteiger charge is -2.08. The molecule has 4 aromatic rings. The lowest BCUT2D eigenvalue weighted by molar-refractivity contribution is -0.137. The number of halogens is 4. The van der Waals surface area contributed by atoms with Crippen molar-refractivity contribution >= 4 is 22.6 Å². The molecule has 0 atom stereocenters. The van der Waals surface area contributed by atoms with Crippen molar-refractivity contribution in [3.05, 3.63) is 53.2 Å². The molecule has 0 spiro atoms. The zero-order valence-electron chi connectivity index (χ0n) is 14.2. The Morgan fingerprint density at radius 2 is 1.75 bits per heavy atom. The van der Waals surface area contributed by atoms with Crippen LogP contribution >= 0.6 is 11.6 Å². The van der Waals surface area contributed by atoms with Gasteiger partial charge in [0.25, 0.3) is 5.89 Å². The number of benzene rings is 2. The summed E-state index contributed by atoms with van der Waals surface area (Å²) in [4.78, 5) is 8.22. The fourth-order valence-electron chi connectivity index (χ4n) is 2.54. The van der Waals surface area contributed by atoms with Gasteiger partial charge in [-0.1, -0.05) is 17.7 Å². The average Bonchev–Trinajstić information content (AvgIpc) is 3.16. The molecule has 142 valence electrons. The van der Waals surface area contributed by atoms with Crippen LogP contribution < -0.4 is 4.74 Å². The third-order valence-corrected chi connectivity index (χ3v) is 4.16. The Morgan fingerprint density at radius 1 is 0.964 bits per heavy atom. The van der Waals surface area contributed by atoms with Crippen LogP contribution in [0.3, 0.4) is 0 Å². The van der Waals surface area contributed by atoms with Crippen molar-refractivity contribution in [2.45, 2.75) is 6.18 Å². The molecule has 2 heterocycles. The third-order valence-electron chi connectivity index (χ3n) is 3.89. The first-order valence-corrected chi connectivity index (χ1v) is 8.26. The van der Waals surface area contributed by atoms with Gasteiger partial charge in [0.2, 0.25) is 5.89 Å². The highest BCUT2D eigenvalue weighted by Gasteiger charge is 2.31. The maximum atomic E-state index is 12.9. The maximum absolute atomic E-state index is 12.9. The third kappa shape index (κ3) is 3.36. The molecular weight excluding hydrogens is 397 g/mol. The smallest absolute Gasteiger partial charge is 0.416 e. The Labute approximate surface area is 161 Å². The van der Waals surface area contributed by atoms with Crippen LogP contribution in [0.15, 0.2) is 46.9 Å². The molecule has 0 unspecified atom stereocenters. The maximum Gasteiger partial charge on any atom is 0.416 e. The van der Waals surface area contributed by atoms with E-state index in [-0.39, 0.29) is 33.7 Å². The van der Waals surface area contributed by atoms with E-state index in [2.05, 4.69) is 20.2 Å². The van der Waals surface area contributed by atoms with E-state index in [1.165, 1.54) is 13.2 Å². The van der Waals surface area contributed by atoms with Gasteiger partial charge in [0, 0.05) is 5.56 Å². The summed E-state index contributed by atoms with van der Waals surface area (Å²) >= 11 is 6.13. The highest BCUT2D eigenvalue weighted by molar-refractivity contribution is 6.32. The zero-order valence-corrected chi connectivity index (χ0v) is 14.9. The van der Waals surface area contributed by atoms with E-state index in [9.17, 15) is 13.2 Å². The van der Waals surface area contributed by atoms with Crippen molar-refractivity contribution in [2.75, 3.05) is 7.11 Å². The van der Waals surface area contributed by atoms with Crippen LogP contribution in [-0.2, 0) is 6.18 Å². The van der Waals surface area contributed by atoms with Gasteiger partial charge in [0.15, 0.2) is 10.8 Å². The number of nitrogens with zero attached hydrogens (tertiary/aromatic N) is 4. The van der Waals surface area contributed by atoms with Gasteiger partial charge >= 0.3 is 6.18 Å². The summed E-state index contributed by atoms with van der Waals surface area (Å²) in [7, 11) is 1.53. The van der Waals surface area contributed by atoms with Crippen LogP contribution in [0.25, 0.3) is 34.1 Å². The minimum Gasteiger partial charge on any atom is -0.497 e. The number of rotatable bonds is 3. The molecule has 0 fully saturated rings. The summed E-state index contributed by atoms with van der Waals surface area (Å²) in [6.07, 6.45) is -4.50. The normalized spacial score (nSPS) is 11.8. The standard InChI is InChI=1S/C18H10ClF3N4O2/c1-27-11-4-2-3-9(7-11)16-25-26-17(28-16)14-15(19)24-12-6-5-10(18(20,21)22)8-13(12)23-14/h2-8H,1H3. The largest absolute Gasteiger partial charge is 0.497 e. The van der Waals surface area contributed by atoms with Crippen molar-refractivity contribution in [1.82, 2.24) is 20.2 Å². The molecule has 0 aliphatic rings. The van der Waals surface area contributed by atoms with E-state index in [0.29, 0.717) is 11.3 Å². The minimum atomic E-state index is -4.50. The highest BCUT2D eigenvalue weighted by Crippen LogP contribution is 2.33. The molecule has 0 aliphatic carbocycles. The van der Waals surface area contributed by atoms with Gasteiger partial charge in [0.1, 0.15) is 5.75 Å². The number of methoxy groups -OCH3 is 1. The van der Waals surface area contributed by atoms with Crippen LogP contribution in [0.1, 0.15) is 5.56 Å². The van der Waals surface area contributed by atoms with E-state index in [0.717, 1.165) is 12.1 Å². The molecule has 0 N–H and O–H groups in total. The van der Waals surface area contributed by atoms with E-state index < -0.39 is 11.7 Å². The summed E-state index contributed by atoms with van der Waals surface area (Å²) in [6, 6.07) is 9.95. The first kappa shape index (κ1) is 18.2. The van der Waals surface area contributed by atoms with E-state index >= 15 is 0 Å². The molecule has 0 radical (unpaired) electrons. The molecule has 0 bridgehead atoms. The molecular formula is C18H10ClF3N4O2. The van der Waals surface area contributed by atoms with Crippen molar-refractivity contribution < 1.29 is 22.3 Å². The molecule has 0 amide bonds. The molecule has 28 heavy (non-hydrogen) atoms. The van der Waals surface area contributed by atoms with Crippen LogP contribution in [0.4, 0.5) is 13.2 Å². The molecule has 6 nitrogen and oxygen atoms in total. The summed E-state index contributed by atoms with van der Waals surface area (Å²) < 4.78 is 49.6. The second kappa shape index (κ2) is 6.75. The lowest BCUT2D eigenvalue weighted by atomic mass is 10.2. The van der Waals surface area contributed by atoms with Gasteiger partial charge in [-0.2, -0.15) is 13.2 Å².